The van der Waals surface area contributed by atoms with Crippen LogP contribution in [0.2, 0.25) is 0 Å². The van der Waals surface area contributed by atoms with Crippen molar-refractivity contribution in [3.05, 3.63) is 59.7 Å². The first kappa shape index (κ1) is 19.5. The van der Waals surface area contributed by atoms with Crippen LogP contribution in [0.5, 0.6) is 5.75 Å². The van der Waals surface area contributed by atoms with Gasteiger partial charge in [-0.05, 0) is 47.7 Å². The van der Waals surface area contributed by atoms with E-state index in [1.807, 2.05) is 0 Å². The first-order valence-electron chi connectivity index (χ1n) is 8.67. The van der Waals surface area contributed by atoms with Crippen molar-refractivity contribution >= 4 is 17.6 Å². The lowest BCUT2D eigenvalue weighted by Gasteiger charge is -2.18. The zero-order valence-corrected chi connectivity index (χ0v) is 15.4. The molecule has 1 amide bonds. The summed E-state index contributed by atoms with van der Waals surface area (Å²) in [4.78, 5) is 24.5. The predicted octanol–water partition coefficient (Wildman–Crippen LogP) is 3.87. The fraction of sp³-hybridized carbons (Fsp3) is 0.333. The van der Waals surface area contributed by atoms with Crippen molar-refractivity contribution in [2.75, 3.05) is 18.6 Å². The van der Waals surface area contributed by atoms with Gasteiger partial charge < -0.3 is 14.7 Å². The van der Waals surface area contributed by atoms with Crippen LogP contribution in [0.4, 0.5) is 5.69 Å². The molecule has 0 aliphatic rings. The molecule has 2 aromatic carbocycles. The molecule has 0 atom stereocenters. The number of anilines is 1. The summed E-state index contributed by atoms with van der Waals surface area (Å²) in [6, 6.07) is 15.2. The van der Waals surface area contributed by atoms with Gasteiger partial charge in [-0.3, -0.25) is 4.79 Å². The highest BCUT2D eigenvalue weighted by atomic mass is 16.5. The molecule has 0 spiro atoms. The topological polar surface area (TPSA) is 66.8 Å². The number of carboxylic acids is 1. The lowest BCUT2D eigenvalue weighted by Crippen LogP contribution is -2.26. The Morgan fingerprint density at radius 1 is 1.04 bits per heavy atom. The molecular weight excluding hydrogens is 330 g/mol. The quantitative estimate of drug-likeness (QED) is 0.781. The van der Waals surface area contributed by atoms with E-state index < -0.39 is 5.97 Å². The van der Waals surface area contributed by atoms with Gasteiger partial charge in [0, 0.05) is 19.2 Å². The molecule has 0 fully saturated rings. The number of carbonyl (C=O) groups is 2. The van der Waals surface area contributed by atoms with Crippen LogP contribution in [0.25, 0.3) is 0 Å². The average Bonchev–Trinajstić information content (AvgIpc) is 2.64. The van der Waals surface area contributed by atoms with Gasteiger partial charge in [0.15, 0.2) is 6.61 Å². The molecule has 2 aromatic rings. The normalized spacial score (nSPS) is 10.6. The van der Waals surface area contributed by atoms with Crippen molar-refractivity contribution in [3.63, 3.8) is 0 Å². The Kier molecular flexibility index (Phi) is 6.78. The first-order valence-corrected chi connectivity index (χ1v) is 8.67. The van der Waals surface area contributed by atoms with Gasteiger partial charge in [-0.15, -0.1) is 0 Å². The minimum absolute atomic E-state index is 0.0251. The van der Waals surface area contributed by atoms with Gasteiger partial charge in [0.2, 0.25) is 5.91 Å². The third kappa shape index (κ3) is 5.62. The van der Waals surface area contributed by atoms with Crippen LogP contribution < -0.4 is 9.64 Å². The number of rotatable bonds is 8. The second-order valence-corrected chi connectivity index (χ2v) is 6.53. The van der Waals surface area contributed by atoms with Gasteiger partial charge in [0.25, 0.3) is 0 Å². The van der Waals surface area contributed by atoms with Gasteiger partial charge in [-0.2, -0.15) is 0 Å². The molecule has 1 N–H and O–H groups in total. The van der Waals surface area contributed by atoms with E-state index in [-0.39, 0.29) is 12.5 Å². The van der Waals surface area contributed by atoms with E-state index in [1.54, 1.807) is 36.2 Å². The number of carboxylic acid groups (broad SMARTS) is 1. The number of aliphatic carboxylic acids is 1. The maximum absolute atomic E-state index is 12.4. The van der Waals surface area contributed by atoms with Crippen molar-refractivity contribution in [2.24, 2.45) is 0 Å². The fourth-order valence-electron chi connectivity index (χ4n) is 2.54. The van der Waals surface area contributed by atoms with Crippen LogP contribution in [0.1, 0.15) is 37.3 Å². The molecular formula is C21H25NO4. The SMILES string of the molecule is CC(C)c1ccc(CCC(=O)N(C)c2ccc(OCC(=O)O)cc2)cc1. The summed E-state index contributed by atoms with van der Waals surface area (Å²) in [5.74, 6) is -0.0403. The van der Waals surface area contributed by atoms with Crippen LogP contribution in [-0.4, -0.2) is 30.6 Å². The van der Waals surface area contributed by atoms with Crippen LogP contribution in [-0.2, 0) is 16.0 Å². The van der Waals surface area contributed by atoms with E-state index in [4.69, 9.17) is 9.84 Å². The molecule has 0 saturated carbocycles. The molecule has 5 heteroatoms. The van der Waals surface area contributed by atoms with E-state index in [9.17, 15) is 9.59 Å². The van der Waals surface area contributed by atoms with Crippen molar-refractivity contribution in [2.45, 2.75) is 32.6 Å². The Morgan fingerprint density at radius 2 is 1.65 bits per heavy atom. The predicted molar refractivity (Wildman–Crippen MR) is 102 cm³/mol. The summed E-state index contributed by atoms with van der Waals surface area (Å²) in [5.41, 5.74) is 3.18. The molecule has 0 heterocycles. The number of ether oxygens (including phenoxy) is 1. The Balaban J connectivity index is 1.89. The molecule has 0 radical (unpaired) electrons. The average molecular weight is 355 g/mol. The molecule has 0 unspecified atom stereocenters. The number of benzene rings is 2. The molecule has 26 heavy (non-hydrogen) atoms. The largest absolute Gasteiger partial charge is 0.482 e. The van der Waals surface area contributed by atoms with E-state index in [0.717, 1.165) is 11.3 Å². The highest BCUT2D eigenvalue weighted by Gasteiger charge is 2.11. The molecule has 138 valence electrons. The molecule has 0 aromatic heterocycles. The Morgan fingerprint density at radius 3 is 2.19 bits per heavy atom. The van der Waals surface area contributed by atoms with E-state index in [0.29, 0.717) is 24.5 Å². The zero-order chi connectivity index (χ0) is 19.1. The minimum atomic E-state index is -1.03. The highest BCUT2D eigenvalue weighted by molar-refractivity contribution is 5.92. The van der Waals surface area contributed by atoms with Gasteiger partial charge in [-0.25, -0.2) is 4.79 Å². The van der Waals surface area contributed by atoms with Crippen molar-refractivity contribution < 1.29 is 19.4 Å². The summed E-state index contributed by atoms with van der Waals surface area (Å²) in [5, 5.41) is 8.61. The number of carbonyl (C=O) groups excluding carboxylic acids is 1. The van der Waals surface area contributed by atoms with E-state index in [1.165, 1.54) is 5.56 Å². The number of hydrogen-bond acceptors (Lipinski definition) is 3. The van der Waals surface area contributed by atoms with Crippen molar-refractivity contribution in [1.82, 2.24) is 0 Å². The van der Waals surface area contributed by atoms with Crippen molar-refractivity contribution in [3.8, 4) is 5.75 Å². The number of amides is 1. The van der Waals surface area contributed by atoms with E-state index >= 15 is 0 Å². The minimum Gasteiger partial charge on any atom is -0.482 e. The van der Waals surface area contributed by atoms with Crippen LogP contribution in [0.3, 0.4) is 0 Å². The maximum atomic E-state index is 12.4. The van der Waals surface area contributed by atoms with Gasteiger partial charge in [0.05, 0.1) is 0 Å². The molecule has 0 saturated heterocycles. The Labute approximate surface area is 154 Å². The second kappa shape index (κ2) is 9.04. The van der Waals surface area contributed by atoms with Crippen LogP contribution in [0.15, 0.2) is 48.5 Å². The molecule has 2 rings (SSSR count). The molecule has 5 nitrogen and oxygen atoms in total. The van der Waals surface area contributed by atoms with Gasteiger partial charge in [-0.1, -0.05) is 38.1 Å². The number of aryl methyl sites for hydroxylation is 1. The van der Waals surface area contributed by atoms with Crippen molar-refractivity contribution in [1.29, 1.82) is 0 Å². The Bertz CT molecular complexity index is 736. The smallest absolute Gasteiger partial charge is 0.341 e. The summed E-state index contributed by atoms with van der Waals surface area (Å²) in [6.45, 7) is 3.93. The Hall–Kier alpha value is -2.82. The number of hydrogen-bond donors (Lipinski definition) is 1. The highest BCUT2D eigenvalue weighted by Crippen LogP contribution is 2.20. The molecule has 0 aliphatic carbocycles. The fourth-order valence-corrected chi connectivity index (χ4v) is 2.54. The molecule has 0 bridgehead atoms. The summed E-state index contributed by atoms with van der Waals surface area (Å²) in [6.07, 6.45) is 1.12. The standard InChI is InChI=1S/C21H25NO4/c1-15(2)17-7-4-16(5-8-17)6-13-20(23)22(3)18-9-11-19(12-10-18)26-14-21(24)25/h4-5,7-12,15H,6,13-14H2,1-3H3,(H,24,25). The summed E-state index contributed by atoms with van der Waals surface area (Å²) < 4.78 is 5.09. The summed E-state index contributed by atoms with van der Waals surface area (Å²) >= 11 is 0. The maximum Gasteiger partial charge on any atom is 0.341 e. The lowest BCUT2D eigenvalue weighted by atomic mass is 10.0. The zero-order valence-electron chi connectivity index (χ0n) is 15.4. The second-order valence-electron chi connectivity index (χ2n) is 6.53. The van der Waals surface area contributed by atoms with E-state index in [2.05, 4.69) is 38.1 Å². The first-order chi connectivity index (χ1) is 12.4. The van der Waals surface area contributed by atoms with Crippen LogP contribution in [0, 0.1) is 0 Å². The third-order valence-corrected chi connectivity index (χ3v) is 4.23. The van der Waals surface area contributed by atoms with Gasteiger partial charge >= 0.3 is 5.97 Å². The third-order valence-electron chi connectivity index (χ3n) is 4.23. The molecule has 0 aliphatic heterocycles. The lowest BCUT2D eigenvalue weighted by molar-refractivity contribution is -0.139. The monoisotopic (exact) mass is 355 g/mol. The number of nitrogens with zero attached hydrogens (tertiary/aromatic N) is 1. The van der Waals surface area contributed by atoms with Crippen LogP contribution >= 0.6 is 0 Å². The summed E-state index contributed by atoms with van der Waals surface area (Å²) in [7, 11) is 1.73. The van der Waals surface area contributed by atoms with Gasteiger partial charge in [0.1, 0.15) is 5.75 Å².